The molecule has 1 N–H and O–H groups in total. The van der Waals surface area contributed by atoms with Crippen molar-refractivity contribution in [3.05, 3.63) is 60.8 Å². The molecule has 0 aliphatic rings. The summed E-state index contributed by atoms with van der Waals surface area (Å²) in [6, 6.07) is 10.5. The molecule has 0 saturated carbocycles. The largest absolute Gasteiger partial charge is 0.497 e. The van der Waals surface area contributed by atoms with Crippen molar-refractivity contribution in [1.29, 1.82) is 0 Å². The van der Waals surface area contributed by atoms with Crippen LogP contribution in [-0.2, 0) is 7.05 Å². The summed E-state index contributed by atoms with van der Waals surface area (Å²) in [5.74, 6) is 1.82. The highest BCUT2D eigenvalue weighted by molar-refractivity contribution is 6.03. The molecule has 0 saturated heterocycles. The fourth-order valence-corrected chi connectivity index (χ4v) is 2.95. The number of nitrogens with zero attached hydrogens (tertiary/aromatic N) is 6. The number of benzene rings is 1. The van der Waals surface area contributed by atoms with Crippen LogP contribution >= 0.6 is 0 Å². The third kappa shape index (κ3) is 3.70. The number of amides is 1. The highest BCUT2D eigenvalue weighted by Gasteiger charge is 2.18. The van der Waals surface area contributed by atoms with Gasteiger partial charge in [0.15, 0.2) is 5.82 Å². The molecule has 0 radical (unpaired) electrons. The van der Waals surface area contributed by atoms with Gasteiger partial charge in [0.05, 0.1) is 19.9 Å². The van der Waals surface area contributed by atoms with Crippen molar-refractivity contribution in [2.45, 2.75) is 0 Å². The second kappa shape index (κ2) is 8.03. The maximum absolute atomic E-state index is 12.8. The number of hydrogen-bond donors (Lipinski definition) is 1. The lowest BCUT2D eigenvalue weighted by atomic mass is 10.1. The molecule has 1 amide bonds. The van der Waals surface area contributed by atoms with E-state index in [1.807, 2.05) is 6.07 Å². The van der Waals surface area contributed by atoms with Gasteiger partial charge in [-0.15, -0.1) is 0 Å². The van der Waals surface area contributed by atoms with E-state index in [1.54, 1.807) is 68.7 Å². The molecule has 4 aromatic rings. The van der Waals surface area contributed by atoms with E-state index < -0.39 is 0 Å². The molecule has 10 heteroatoms. The summed E-state index contributed by atoms with van der Waals surface area (Å²) >= 11 is 0. The van der Waals surface area contributed by atoms with Crippen LogP contribution in [0.25, 0.3) is 17.1 Å². The summed E-state index contributed by atoms with van der Waals surface area (Å²) < 4.78 is 13.8. The zero-order valence-corrected chi connectivity index (χ0v) is 16.6. The number of nitrogens with one attached hydrogen (secondary N) is 1. The van der Waals surface area contributed by atoms with Crippen LogP contribution in [0, 0.1) is 0 Å². The summed E-state index contributed by atoms with van der Waals surface area (Å²) in [5, 5.41) is 11.4. The first-order chi connectivity index (χ1) is 14.6. The molecular formula is C20H19N7O3. The van der Waals surface area contributed by atoms with Crippen molar-refractivity contribution in [3.8, 4) is 28.6 Å². The van der Waals surface area contributed by atoms with E-state index in [9.17, 15) is 4.79 Å². The lowest BCUT2D eigenvalue weighted by Gasteiger charge is -2.08. The van der Waals surface area contributed by atoms with Crippen molar-refractivity contribution in [3.63, 3.8) is 0 Å². The van der Waals surface area contributed by atoms with Crippen LogP contribution in [0.15, 0.2) is 55.1 Å². The smallest absolute Gasteiger partial charge is 0.275 e. The van der Waals surface area contributed by atoms with Gasteiger partial charge in [-0.3, -0.25) is 9.48 Å². The van der Waals surface area contributed by atoms with Crippen LogP contribution in [0.1, 0.15) is 10.5 Å². The van der Waals surface area contributed by atoms with Crippen LogP contribution in [-0.4, -0.2) is 49.7 Å². The summed E-state index contributed by atoms with van der Waals surface area (Å²) in [6.07, 6.45) is 4.76. The first-order valence-electron chi connectivity index (χ1n) is 8.99. The minimum absolute atomic E-state index is 0.349. The van der Waals surface area contributed by atoms with Gasteiger partial charge in [-0.2, -0.15) is 10.2 Å². The number of methoxy groups -OCH3 is 2. The first kappa shape index (κ1) is 19.1. The number of ether oxygens (including phenoxy) is 2. The van der Waals surface area contributed by atoms with Crippen molar-refractivity contribution in [2.75, 3.05) is 19.5 Å². The highest BCUT2D eigenvalue weighted by atomic mass is 16.5. The lowest BCUT2D eigenvalue weighted by molar-refractivity contribution is 0.101. The van der Waals surface area contributed by atoms with Crippen LogP contribution in [0.2, 0.25) is 0 Å². The average molecular weight is 405 g/mol. The predicted octanol–water partition coefficient (Wildman–Crippen LogP) is 2.33. The maximum atomic E-state index is 12.8. The molecule has 0 bridgehead atoms. The van der Waals surface area contributed by atoms with Gasteiger partial charge >= 0.3 is 0 Å². The Labute approximate surface area is 172 Å². The molecule has 10 nitrogen and oxygen atoms in total. The normalized spacial score (nSPS) is 10.6. The van der Waals surface area contributed by atoms with E-state index in [2.05, 4.69) is 25.5 Å². The molecule has 3 heterocycles. The number of aromatic nitrogens is 6. The fraction of sp³-hybridized carbons (Fsp3) is 0.150. The quantitative estimate of drug-likeness (QED) is 0.524. The number of carbonyl (C=O) groups excluding carboxylic acids is 1. The van der Waals surface area contributed by atoms with E-state index in [-0.39, 0.29) is 5.91 Å². The van der Waals surface area contributed by atoms with Crippen molar-refractivity contribution in [2.24, 2.45) is 7.05 Å². The van der Waals surface area contributed by atoms with E-state index in [4.69, 9.17) is 9.47 Å². The zero-order chi connectivity index (χ0) is 21.1. The molecule has 0 unspecified atom stereocenters. The van der Waals surface area contributed by atoms with E-state index in [0.29, 0.717) is 34.5 Å². The Morgan fingerprint density at radius 1 is 1.10 bits per heavy atom. The van der Waals surface area contributed by atoms with Crippen molar-refractivity contribution in [1.82, 2.24) is 29.5 Å². The average Bonchev–Trinajstić information content (AvgIpc) is 3.43. The Hall–Kier alpha value is -4.21. The Kier molecular flexibility index (Phi) is 5.12. The van der Waals surface area contributed by atoms with Gasteiger partial charge in [-0.1, -0.05) is 0 Å². The molecule has 4 rings (SSSR count). The number of carbonyl (C=O) groups is 1. The second-order valence-electron chi connectivity index (χ2n) is 6.27. The Morgan fingerprint density at radius 3 is 2.70 bits per heavy atom. The molecule has 152 valence electrons. The van der Waals surface area contributed by atoms with Crippen LogP contribution in [0.5, 0.6) is 11.5 Å². The van der Waals surface area contributed by atoms with Gasteiger partial charge in [0.25, 0.3) is 5.91 Å². The minimum Gasteiger partial charge on any atom is -0.497 e. The van der Waals surface area contributed by atoms with Crippen LogP contribution in [0.4, 0.5) is 5.82 Å². The molecule has 3 aromatic heterocycles. The highest BCUT2D eigenvalue weighted by Crippen LogP contribution is 2.33. The molecule has 1 aromatic carbocycles. The zero-order valence-electron chi connectivity index (χ0n) is 16.6. The SMILES string of the molecule is COc1ccc(OC)c(-c2cc(C(=O)Nc3cc(-n4cccn4)ncn3)n(C)n2)c1. The van der Waals surface area contributed by atoms with Gasteiger partial charge in [0, 0.05) is 31.1 Å². The molecule has 30 heavy (non-hydrogen) atoms. The van der Waals surface area contributed by atoms with Crippen LogP contribution in [0.3, 0.4) is 0 Å². The van der Waals surface area contributed by atoms with Gasteiger partial charge in [0.2, 0.25) is 0 Å². The monoisotopic (exact) mass is 405 g/mol. The first-order valence-corrected chi connectivity index (χ1v) is 8.99. The molecular weight excluding hydrogens is 386 g/mol. The third-order valence-corrected chi connectivity index (χ3v) is 4.43. The summed E-state index contributed by atoms with van der Waals surface area (Å²) in [5.41, 5.74) is 1.65. The van der Waals surface area contributed by atoms with Crippen molar-refractivity contribution < 1.29 is 14.3 Å². The Bertz CT molecular complexity index is 1190. The van der Waals surface area contributed by atoms with E-state index >= 15 is 0 Å². The Morgan fingerprint density at radius 2 is 1.97 bits per heavy atom. The molecule has 0 spiro atoms. The summed E-state index contributed by atoms with van der Waals surface area (Å²) in [6.45, 7) is 0. The fourth-order valence-electron chi connectivity index (χ4n) is 2.95. The summed E-state index contributed by atoms with van der Waals surface area (Å²) in [4.78, 5) is 21.1. The number of rotatable bonds is 6. The van der Waals surface area contributed by atoms with Gasteiger partial charge in [-0.25, -0.2) is 14.6 Å². The molecule has 0 aliphatic heterocycles. The number of aryl methyl sites for hydroxylation is 1. The second-order valence-corrected chi connectivity index (χ2v) is 6.27. The van der Waals surface area contributed by atoms with Gasteiger partial charge in [-0.05, 0) is 30.3 Å². The third-order valence-electron chi connectivity index (χ3n) is 4.43. The van der Waals surface area contributed by atoms with Crippen LogP contribution < -0.4 is 14.8 Å². The number of anilines is 1. The molecule has 0 aliphatic carbocycles. The van der Waals surface area contributed by atoms with Gasteiger partial charge in [0.1, 0.15) is 29.3 Å². The predicted molar refractivity (Wildman–Crippen MR) is 109 cm³/mol. The topological polar surface area (TPSA) is 109 Å². The van der Waals surface area contributed by atoms with Crippen molar-refractivity contribution >= 4 is 11.7 Å². The lowest BCUT2D eigenvalue weighted by Crippen LogP contribution is -2.17. The van der Waals surface area contributed by atoms with Gasteiger partial charge < -0.3 is 14.8 Å². The maximum Gasteiger partial charge on any atom is 0.275 e. The van der Waals surface area contributed by atoms with E-state index in [1.165, 1.54) is 11.0 Å². The molecule has 0 atom stereocenters. The van der Waals surface area contributed by atoms with E-state index in [0.717, 1.165) is 5.56 Å². The number of hydrogen-bond acceptors (Lipinski definition) is 7. The molecule has 0 fully saturated rings. The summed E-state index contributed by atoms with van der Waals surface area (Å²) in [7, 11) is 4.86. The standard InChI is InChI=1S/C20H19N7O3/c1-26-16(10-15(25-26)14-9-13(29-2)5-6-17(14)30-3)20(28)24-18-11-19(22-12-21-18)27-8-4-7-23-27/h4-12H,1-3H3,(H,21,22,24,28). The minimum atomic E-state index is -0.358. The Balaban J connectivity index is 1.61.